The summed E-state index contributed by atoms with van der Waals surface area (Å²) in [6.45, 7) is -1.71. The fourth-order valence-corrected chi connectivity index (χ4v) is 1.35. The monoisotopic (exact) mass is 343 g/mol. The van der Waals surface area contributed by atoms with Crippen LogP contribution in [-0.2, 0) is 17.5 Å². The maximum absolute atomic E-state index is 13.3. The van der Waals surface area contributed by atoms with Gasteiger partial charge in [0.15, 0.2) is 23.3 Å². The highest BCUT2D eigenvalue weighted by Gasteiger charge is 2.43. The lowest BCUT2D eigenvalue weighted by Crippen LogP contribution is -2.37. The molecular formula is C10H3F10NO. The van der Waals surface area contributed by atoms with Gasteiger partial charge in [0.2, 0.25) is 0 Å². The fraction of sp³-hybridized carbons (Fsp3) is 0.300. The Labute approximate surface area is 114 Å². The first-order valence-electron chi connectivity index (χ1n) is 5.05. The van der Waals surface area contributed by atoms with Gasteiger partial charge in [-0.2, -0.15) is 26.3 Å². The van der Waals surface area contributed by atoms with Crippen LogP contribution >= 0.6 is 0 Å². The first-order chi connectivity index (χ1) is 9.78. The van der Waals surface area contributed by atoms with Crippen molar-refractivity contribution in [1.82, 2.24) is 5.32 Å². The summed E-state index contributed by atoms with van der Waals surface area (Å²) in [6, 6.07) is 0. The Morgan fingerprint density at radius 1 is 0.818 bits per heavy atom. The number of hydrogen-bond donors (Lipinski definition) is 1. The molecule has 0 aromatic heterocycles. The van der Waals surface area contributed by atoms with Crippen molar-refractivity contribution in [1.29, 1.82) is 0 Å². The largest absolute Gasteiger partial charge is 0.471 e. The molecule has 1 aromatic carbocycles. The minimum atomic E-state index is -5.77. The normalized spacial score (nSPS) is 12.5. The van der Waals surface area contributed by atoms with Gasteiger partial charge in [0, 0.05) is 12.1 Å². The third-order valence-electron chi connectivity index (χ3n) is 2.32. The predicted molar refractivity (Wildman–Crippen MR) is 49.2 cm³/mol. The molecule has 0 saturated carbocycles. The zero-order valence-corrected chi connectivity index (χ0v) is 9.89. The van der Waals surface area contributed by atoms with Crippen LogP contribution < -0.4 is 5.32 Å². The molecule has 0 saturated heterocycles. The lowest BCUT2D eigenvalue weighted by atomic mass is 10.1. The summed E-state index contributed by atoms with van der Waals surface area (Å²) < 4.78 is 125. The van der Waals surface area contributed by atoms with Gasteiger partial charge >= 0.3 is 18.3 Å². The molecule has 12 heteroatoms. The molecule has 0 aliphatic carbocycles. The highest BCUT2D eigenvalue weighted by Crippen LogP contribution is 2.36. The van der Waals surface area contributed by atoms with Gasteiger partial charge < -0.3 is 5.32 Å². The number of hydrogen-bond acceptors (Lipinski definition) is 1. The number of rotatable bonds is 2. The number of carbonyl (C=O) groups excluding carboxylic acids is 1. The van der Waals surface area contributed by atoms with Crippen LogP contribution in [0.1, 0.15) is 11.1 Å². The lowest BCUT2D eigenvalue weighted by molar-refractivity contribution is -0.173. The van der Waals surface area contributed by atoms with E-state index < -0.39 is 59.2 Å². The van der Waals surface area contributed by atoms with Crippen LogP contribution in [0.15, 0.2) is 0 Å². The van der Waals surface area contributed by atoms with Gasteiger partial charge in [-0.15, -0.1) is 0 Å². The zero-order chi connectivity index (χ0) is 17.5. The number of alkyl halides is 6. The molecule has 0 atom stereocenters. The second-order valence-corrected chi connectivity index (χ2v) is 3.79. The van der Waals surface area contributed by atoms with Crippen molar-refractivity contribution >= 4 is 5.91 Å². The molecule has 1 amide bonds. The SMILES string of the molecule is O=C(NCc1c(F)c(F)c(C(F)(F)F)c(F)c1F)C(F)(F)F. The number of carbonyl (C=O) groups is 1. The smallest absolute Gasteiger partial charge is 0.344 e. The fourth-order valence-electron chi connectivity index (χ4n) is 1.35. The van der Waals surface area contributed by atoms with Gasteiger partial charge in [-0.05, 0) is 0 Å². The minimum absolute atomic E-state index is 0.875. The second kappa shape index (κ2) is 5.65. The Bertz CT molecular complexity index is 574. The maximum Gasteiger partial charge on any atom is 0.471 e. The van der Waals surface area contributed by atoms with E-state index in [1.807, 2.05) is 0 Å². The van der Waals surface area contributed by atoms with E-state index in [0.29, 0.717) is 0 Å². The summed E-state index contributed by atoms with van der Waals surface area (Å²) in [6.07, 6.45) is -11.2. The first-order valence-corrected chi connectivity index (χ1v) is 5.05. The molecule has 0 aliphatic rings. The van der Waals surface area contributed by atoms with E-state index in [9.17, 15) is 48.7 Å². The molecule has 1 rings (SSSR count). The van der Waals surface area contributed by atoms with Crippen molar-refractivity contribution < 1.29 is 48.7 Å². The van der Waals surface area contributed by atoms with Crippen LogP contribution in [0.3, 0.4) is 0 Å². The first kappa shape index (κ1) is 18.0. The van der Waals surface area contributed by atoms with Gasteiger partial charge in [-0.3, -0.25) is 4.79 Å². The van der Waals surface area contributed by atoms with Crippen molar-refractivity contribution in [3.8, 4) is 0 Å². The maximum atomic E-state index is 13.3. The van der Waals surface area contributed by atoms with Gasteiger partial charge in [0.05, 0.1) is 0 Å². The Balaban J connectivity index is 3.28. The topological polar surface area (TPSA) is 29.1 Å². The van der Waals surface area contributed by atoms with Crippen molar-refractivity contribution in [2.45, 2.75) is 18.9 Å². The van der Waals surface area contributed by atoms with Crippen LogP contribution in [0.5, 0.6) is 0 Å². The summed E-state index contributed by atoms with van der Waals surface area (Å²) in [5.41, 5.74) is -4.69. The number of nitrogens with one attached hydrogen (secondary N) is 1. The van der Waals surface area contributed by atoms with Crippen molar-refractivity contribution in [2.24, 2.45) is 0 Å². The zero-order valence-electron chi connectivity index (χ0n) is 9.89. The van der Waals surface area contributed by atoms with E-state index in [1.165, 1.54) is 0 Å². The molecule has 0 aliphatic heterocycles. The van der Waals surface area contributed by atoms with Gasteiger partial charge in [0.1, 0.15) is 5.56 Å². The summed E-state index contributed by atoms with van der Waals surface area (Å²) in [5.74, 6) is -13.5. The third kappa shape index (κ3) is 3.42. The minimum Gasteiger partial charge on any atom is -0.344 e. The summed E-state index contributed by atoms with van der Waals surface area (Å²) >= 11 is 0. The molecule has 124 valence electrons. The predicted octanol–water partition coefficient (Wildman–Crippen LogP) is 3.44. The van der Waals surface area contributed by atoms with Crippen LogP contribution in [0, 0.1) is 23.3 Å². The second-order valence-electron chi connectivity index (χ2n) is 3.79. The van der Waals surface area contributed by atoms with E-state index in [4.69, 9.17) is 0 Å². The average molecular weight is 343 g/mol. The Kier molecular flexibility index (Phi) is 4.63. The molecule has 0 unspecified atom stereocenters. The number of amides is 1. The van der Waals surface area contributed by atoms with Gasteiger partial charge in [-0.25, -0.2) is 17.6 Å². The number of benzene rings is 1. The van der Waals surface area contributed by atoms with Gasteiger partial charge in [-0.1, -0.05) is 0 Å². The third-order valence-corrected chi connectivity index (χ3v) is 2.32. The molecule has 2 nitrogen and oxygen atoms in total. The van der Waals surface area contributed by atoms with Gasteiger partial charge in [0.25, 0.3) is 0 Å². The Morgan fingerprint density at radius 3 is 1.55 bits per heavy atom. The van der Waals surface area contributed by atoms with Crippen LogP contribution in [-0.4, -0.2) is 12.1 Å². The molecule has 1 N–H and O–H groups in total. The standard InChI is InChI=1S/C10H3F10NO/c11-4-2(1-21-8(22)10(18,19)20)5(12)7(14)3(6(4)13)9(15,16)17/h1H2,(H,21,22). The Morgan fingerprint density at radius 2 is 1.23 bits per heavy atom. The molecule has 1 aromatic rings. The lowest BCUT2D eigenvalue weighted by Gasteiger charge is -2.14. The Hall–Kier alpha value is -2.01. The van der Waals surface area contributed by atoms with Crippen LogP contribution in [0.2, 0.25) is 0 Å². The summed E-state index contributed by atoms with van der Waals surface area (Å²) in [5, 5.41) is 0.875. The van der Waals surface area contributed by atoms with E-state index in [-0.39, 0.29) is 0 Å². The van der Waals surface area contributed by atoms with Crippen LogP contribution in [0.25, 0.3) is 0 Å². The molecule has 0 spiro atoms. The van der Waals surface area contributed by atoms with E-state index in [1.54, 1.807) is 0 Å². The van der Waals surface area contributed by atoms with E-state index >= 15 is 0 Å². The highest BCUT2D eigenvalue weighted by molar-refractivity contribution is 5.81. The summed E-state index contributed by atoms with van der Waals surface area (Å²) in [4.78, 5) is 10.4. The van der Waals surface area contributed by atoms with Crippen LogP contribution in [0.4, 0.5) is 43.9 Å². The highest BCUT2D eigenvalue weighted by atomic mass is 19.4. The van der Waals surface area contributed by atoms with Crippen molar-refractivity contribution in [3.63, 3.8) is 0 Å². The molecule has 0 fully saturated rings. The number of halogens is 10. The molecular weight excluding hydrogens is 340 g/mol. The molecule has 0 bridgehead atoms. The van der Waals surface area contributed by atoms with E-state index in [2.05, 4.69) is 0 Å². The quantitative estimate of drug-likeness (QED) is 0.647. The van der Waals surface area contributed by atoms with E-state index in [0.717, 1.165) is 5.32 Å². The average Bonchev–Trinajstić information content (AvgIpc) is 2.33. The molecule has 22 heavy (non-hydrogen) atoms. The van der Waals surface area contributed by atoms with Crippen molar-refractivity contribution in [2.75, 3.05) is 0 Å². The van der Waals surface area contributed by atoms with Crippen molar-refractivity contribution in [3.05, 3.63) is 34.4 Å². The molecule has 0 heterocycles. The summed E-state index contributed by atoms with van der Waals surface area (Å²) in [7, 11) is 0. The molecule has 0 radical (unpaired) electrons.